The van der Waals surface area contributed by atoms with Crippen molar-refractivity contribution in [3.8, 4) is 11.5 Å². The number of benzene rings is 2. The van der Waals surface area contributed by atoms with Crippen LogP contribution in [0.4, 0.5) is 13.2 Å². The van der Waals surface area contributed by atoms with E-state index in [1.807, 2.05) is 6.07 Å². The standard InChI is InChI=1S/C25H24ClF3N4O4/c1-32-13-17(23(31-32)25(27,28)29)24(35)30-12-21(34)33-9-8-14-10-19(36-2)20(37-3)11-16(14)22(33)15-6-4-5-7-18(15)26/h4-7,10-11,13,22H,8-9,12H2,1-3H3,(H,30,35). The van der Waals surface area contributed by atoms with Gasteiger partial charge in [-0.25, -0.2) is 0 Å². The lowest BCUT2D eigenvalue weighted by Gasteiger charge is -2.38. The fourth-order valence-electron chi connectivity index (χ4n) is 4.46. The van der Waals surface area contributed by atoms with Crippen LogP contribution in [0.25, 0.3) is 0 Å². The molecule has 37 heavy (non-hydrogen) atoms. The van der Waals surface area contributed by atoms with Gasteiger partial charge in [0.15, 0.2) is 17.2 Å². The van der Waals surface area contributed by atoms with Gasteiger partial charge in [-0.1, -0.05) is 29.8 Å². The van der Waals surface area contributed by atoms with Crippen molar-refractivity contribution in [2.45, 2.75) is 18.6 Å². The molecule has 1 aliphatic heterocycles. The number of nitrogens with one attached hydrogen (secondary N) is 1. The van der Waals surface area contributed by atoms with Crippen LogP contribution in [0.5, 0.6) is 11.5 Å². The third-order valence-corrected chi connectivity index (χ3v) is 6.48. The smallest absolute Gasteiger partial charge is 0.435 e. The van der Waals surface area contributed by atoms with Crippen LogP contribution in [0.2, 0.25) is 5.02 Å². The van der Waals surface area contributed by atoms with Crippen LogP contribution in [0.3, 0.4) is 0 Å². The van der Waals surface area contributed by atoms with E-state index in [0.717, 1.165) is 22.0 Å². The average Bonchev–Trinajstić information content (AvgIpc) is 3.28. The number of aromatic nitrogens is 2. The summed E-state index contributed by atoms with van der Waals surface area (Å²) in [6, 6.07) is 10.1. The number of aryl methyl sites for hydroxylation is 1. The molecule has 2 aromatic carbocycles. The first-order valence-corrected chi connectivity index (χ1v) is 11.6. The predicted octanol–water partition coefficient (Wildman–Crippen LogP) is 4.01. The summed E-state index contributed by atoms with van der Waals surface area (Å²) in [5.41, 5.74) is 0.376. The van der Waals surface area contributed by atoms with Crippen LogP contribution in [0.15, 0.2) is 42.6 Å². The van der Waals surface area contributed by atoms with Gasteiger partial charge in [0.2, 0.25) is 5.91 Å². The Balaban J connectivity index is 1.65. The zero-order valence-electron chi connectivity index (χ0n) is 20.2. The van der Waals surface area contributed by atoms with E-state index in [1.54, 1.807) is 35.2 Å². The molecule has 4 rings (SSSR count). The van der Waals surface area contributed by atoms with Crippen LogP contribution in [-0.2, 0) is 24.4 Å². The molecule has 0 fully saturated rings. The molecule has 3 aromatic rings. The summed E-state index contributed by atoms with van der Waals surface area (Å²) in [6.07, 6.45) is -3.37. The van der Waals surface area contributed by atoms with Crippen molar-refractivity contribution in [2.75, 3.05) is 27.3 Å². The quantitative estimate of drug-likeness (QED) is 0.514. The second kappa shape index (κ2) is 10.3. The Hall–Kier alpha value is -3.73. The highest BCUT2D eigenvalue weighted by atomic mass is 35.5. The maximum absolute atomic E-state index is 13.4. The third kappa shape index (κ3) is 5.22. The van der Waals surface area contributed by atoms with Gasteiger partial charge in [0.05, 0.1) is 32.4 Å². The lowest BCUT2D eigenvalue weighted by atomic mass is 9.87. The number of nitrogens with zero attached hydrogens (tertiary/aromatic N) is 3. The molecule has 12 heteroatoms. The number of hydrogen-bond donors (Lipinski definition) is 1. The molecule has 0 saturated carbocycles. The van der Waals surface area contributed by atoms with Crippen molar-refractivity contribution in [3.05, 3.63) is 75.6 Å². The van der Waals surface area contributed by atoms with Crippen LogP contribution < -0.4 is 14.8 Å². The summed E-state index contributed by atoms with van der Waals surface area (Å²) in [6.45, 7) is -0.234. The predicted molar refractivity (Wildman–Crippen MR) is 129 cm³/mol. The summed E-state index contributed by atoms with van der Waals surface area (Å²) >= 11 is 6.52. The number of carbonyl (C=O) groups is 2. The minimum Gasteiger partial charge on any atom is -0.493 e. The molecule has 0 saturated heterocycles. The molecule has 1 N–H and O–H groups in total. The number of halogens is 4. The van der Waals surface area contributed by atoms with Gasteiger partial charge in [0, 0.05) is 24.8 Å². The minimum absolute atomic E-state index is 0.285. The monoisotopic (exact) mass is 536 g/mol. The van der Waals surface area contributed by atoms with Crippen molar-refractivity contribution < 1.29 is 32.2 Å². The second-order valence-electron chi connectivity index (χ2n) is 8.41. The molecular formula is C25H24ClF3N4O4. The van der Waals surface area contributed by atoms with Gasteiger partial charge in [-0.05, 0) is 41.3 Å². The summed E-state index contributed by atoms with van der Waals surface area (Å²) in [5.74, 6) is -0.525. The van der Waals surface area contributed by atoms with E-state index < -0.39 is 41.8 Å². The molecule has 1 aliphatic rings. The van der Waals surface area contributed by atoms with E-state index in [2.05, 4.69) is 10.4 Å². The Labute approximate surface area is 215 Å². The molecule has 1 unspecified atom stereocenters. The Bertz CT molecular complexity index is 1340. The van der Waals surface area contributed by atoms with Crippen molar-refractivity contribution in [1.29, 1.82) is 0 Å². The van der Waals surface area contributed by atoms with Gasteiger partial charge < -0.3 is 19.7 Å². The zero-order valence-corrected chi connectivity index (χ0v) is 21.0. The molecule has 196 valence electrons. The first-order chi connectivity index (χ1) is 17.5. The molecular weight excluding hydrogens is 513 g/mol. The van der Waals surface area contributed by atoms with Gasteiger partial charge in [0.25, 0.3) is 5.91 Å². The average molecular weight is 537 g/mol. The van der Waals surface area contributed by atoms with E-state index >= 15 is 0 Å². The number of carbonyl (C=O) groups excluding carboxylic acids is 2. The Kier molecular flexibility index (Phi) is 7.35. The fourth-order valence-corrected chi connectivity index (χ4v) is 4.70. The summed E-state index contributed by atoms with van der Waals surface area (Å²) in [7, 11) is 4.31. The largest absolute Gasteiger partial charge is 0.493 e. The van der Waals surface area contributed by atoms with Gasteiger partial charge in [-0.2, -0.15) is 18.3 Å². The number of fused-ring (bicyclic) bond motifs is 1. The first kappa shape index (κ1) is 26.3. The molecule has 2 amide bonds. The van der Waals surface area contributed by atoms with E-state index in [0.29, 0.717) is 28.5 Å². The van der Waals surface area contributed by atoms with Gasteiger partial charge in [0.1, 0.15) is 0 Å². The first-order valence-electron chi connectivity index (χ1n) is 11.2. The summed E-state index contributed by atoms with van der Waals surface area (Å²) in [4.78, 5) is 27.5. The number of alkyl halides is 3. The normalized spacial score (nSPS) is 15.2. The second-order valence-corrected chi connectivity index (χ2v) is 8.82. The summed E-state index contributed by atoms with van der Waals surface area (Å²) < 4.78 is 51.6. The molecule has 1 atom stereocenters. The lowest BCUT2D eigenvalue weighted by Crippen LogP contribution is -2.45. The van der Waals surface area contributed by atoms with Crippen LogP contribution >= 0.6 is 11.6 Å². The lowest BCUT2D eigenvalue weighted by molar-refractivity contribution is -0.141. The molecule has 0 aliphatic carbocycles. The molecule has 0 bridgehead atoms. The highest BCUT2D eigenvalue weighted by molar-refractivity contribution is 6.31. The highest BCUT2D eigenvalue weighted by Crippen LogP contribution is 2.42. The minimum atomic E-state index is -4.82. The fraction of sp³-hybridized carbons (Fsp3) is 0.320. The maximum Gasteiger partial charge on any atom is 0.435 e. The molecule has 0 radical (unpaired) electrons. The Morgan fingerprint density at radius 2 is 1.81 bits per heavy atom. The van der Waals surface area contributed by atoms with Crippen molar-refractivity contribution >= 4 is 23.4 Å². The van der Waals surface area contributed by atoms with Crippen LogP contribution in [0, 0.1) is 0 Å². The number of rotatable bonds is 6. The third-order valence-electron chi connectivity index (χ3n) is 6.14. The molecule has 8 nitrogen and oxygen atoms in total. The molecule has 2 heterocycles. The van der Waals surface area contributed by atoms with Gasteiger partial charge in [-0.3, -0.25) is 14.3 Å². The van der Waals surface area contributed by atoms with Gasteiger partial charge in [-0.15, -0.1) is 0 Å². The SMILES string of the molecule is COc1cc2c(cc1OC)C(c1ccccc1Cl)N(C(=O)CNC(=O)c1cn(C)nc1C(F)(F)F)CC2. The summed E-state index contributed by atoms with van der Waals surface area (Å²) in [5, 5.41) is 6.08. The number of methoxy groups -OCH3 is 2. The van der Waals surface area contributed by atoms with E-state index in [-0.39, 0.29) is 6.54 Å². The van der Waals surface area contributed by atoms with Crippen molar-refractivity contribution in [3.63, 3.8) is 0 Å². The maximum atomic E-state index is 13.4. The van der Waals surface area contributed by atoms with Gasteiger partial charge >= 0.3 is 6.18 Å². The highest BCUT2D eigenvalue weighted by Gasteiger charge is 2.39. The zero-order chi connectivity index (χ0) is 26.9. The Morgan fingerprint density at radius 3 is 2.46 bits per heavy atom. The van der Waals surface area contributed by atoms with Crippen LogP contribution in [0.1, 0.15) is 38.8 Å². The number of ether oxygens (including phenoxy) is 2. The molecule has 0 spiro atoms. The Morgan fingerprint density at radius 1 is 1.14 bits per heavy atom. The van der Waals surface area contributed by atoms with E-state index in [4.69, 9.17) is 21.1 Å². The van der Waals surface area contributed by atoms with Crippen molar-refractivity contribution in [2.24, 2.45) is 7.05 Å². The van der Waals surface area contributed by atoms with Crippen LogP contribution in [-0.4, -0.2) is 53.8 Å². The number of hydrogen-bond acceptors (Lipinski definition) is 5. The van der Waals surface area contributed by atoms with E-state index in [9.17, 15) is 22.8 Å². The number of amides is 2. The topological polar surface area (TPSA) is 85.7 Å². The molecule has 1 aromatic heterocycles. The van der Waals surface area contributed by atoms with Crippen molar-refractivity contribution in [1.82, 2.24) is 20.0 Å². The van der Waals surface area contributed by atoms with E-state index in [1.165, 1.54) is 21.3 Å².